The van der Waals surface area contributed by atoms with Gasteiger partial charge in [0.25, 0.3) is 0 Å². The molecule has 0 aromatic carbocycles. The van der Waals surface area contributed by atoms with E-state index in [0.717, 1.165) is 12.8 Å². The van der Waals surface area contributed by atoms with E-state index in [1.807, 2.05) is 13.8 Å². The van der Waals surface area contributed by atoms with E-state index in [-0.39, 0.29) is 5.41 Å². The zero-order valence-electron chi connectivity index (χ0n) is 10.7. The summed E-state index contributed by atoms with van der Waals surface area (Å²) in [4.78, 5) is 11.2. The molecule has 1 saturated carbocycles. The highest BCUT2D eigenvalue weighted by Gasteiger charge is 2.41. The molecular weight excluding hydrogens is 204 g/mol. The molecule has 16 heavy (non-hydrogen) atoms. The van der Waals surface area contributed by atoms with Crippen LogP contribution in [-0.4, -0.2) is 24.3 Å². The molecule has 0 amide bonds. The van der Waals surface area contributed by atoms with Gasteiger partial charge in [-0.3, -0.25) is 0 Å². The SMILES string of the molecule is COC(C(=O)O)C(C)(C)C1CCCCCC1. The molecule has 1 atom stereocenters. The number of hydrogen-bond acceptors (Lipinski definition) is 2. The number of aliphatic carboxylic acids is 1. The average Bonchev–Trinajstić information content (AvgIpc) is 2.45. The number of rotatable bonds is 4. The quantitative estimate of drug-likeness (QED) is 0.752. The smallest absolute Gasteiger partial charge is 0.333 e. The molecular formula is C13H24O3. The number of hydrogen-bond donors (Lipinski definition) is 1. The average molecular weight is 228 g/mol. The third-order valence-corrected chi connectivity index (χ3v) is 4.04. The lowest BCUT2D eigenvalue weighted by Gasteiger charge is -2.37. The normalized spacial score (nSPS) is 21.4. The Hall–Kier alpha value is -0.570. The predicted molar refractivity (Wildman–Crippen MR) is 63.4 cm³/mol. The standard InChI is InChI=1S/C13H24O3/c1-13(2,11(16-3)12(14)15)10-8-6-4-5-7-9-10/h10-11H,4-9H2,1-3H3,(H,14,15). The van der Waals surface area contributed by atoms with Crippen LogP contribution in [0.2, 0.25) is 0 Å². The van der Waals surface area contributed by atoms with E-state index >= 15 is 0 Å². The van der Waals surface area contributed by atoms with Gasteiger partial charge in [0.05, 0.1) is 0 Å². The van der Waals surface area contributed by atoms with E-state index in [4.69, 9.17) is 4.74 Å². The van der Waals surface area contributed by atoms with Gasteiger partial charge in [0.15, 0.2) is 6.10 Å². The van der Waals surface area contributed by atoms with Crippen LogP contribution in [0.4, 0.5) is 0 Å². The molecule has 0 heterocycles. The van der Waals surface area contributed by atoms with Crippen molar-refractivity contribution < 1.29 is 14.6 Å². The lowest BCUT2D eigenvalue weighted by atomic mass is 9.71. The Bertz CT molecular complexity index is 227. The molecule has 0 radical (unpaired) electrons. The van der Waals surface area contributed by atoms with Gasteiger partial charge in [0, 0.05) is 12.5 Å². The minimum atomic E-state index is -0.836. The maximum atomic E-state index is 11.2. The van der Waals surface area contributed by atoms with E-state index in [9.17, 15) is 9.90 Å². The van der Waals surface area contributed by atoms with Crippen LogP contribution in [-0.2, 0) is 9.53 Å². The highest BCUT2D eigenvalue weighted by molar-refractivity contribution is 5.73. The van der Waals surface area contributed by atoms with Crippen molar-refractivity contribution in [2.45, 2.75) is 58.5 Å². The van der Waals surface area contributed by atoms with Crippen molar-refractivity contribution in [1.29, 1.82) is 0 Å². The molecule has 0 aromatic rings. The number of carboxylic acids is 1. The zero-order valence-corrected chi connectivity index (χ0v) is 10.7. The summed E-state index contributed by atoms with van der Waals surface area (Å²) in [5.41, 5.74) is -0.273. The fourth-order valence-corrected chi connectivity index (χ4v) is 2.96. The number of ether oxygens (including phenoxy) is 1. The Morgan fingerprint density at radius 1 is 1.25 bits per heavy atom. The van der Waals surface area contributed by atoms with Crippen LogP contribution in [0, 0.1) is 11.3 Å². The summed E-state index contributed by atoms with van der Waals surface area (Å²) in [7, 11) is 1.50. The molecule has 0 aromatic heterocycles. The predicted octanol–water partition coefficient (Wildman–Crippen LogP) is 3.08. The first-order valence-electron chi connectivity index (χ1n) is 6.25. The highest BCUT2D eigenvalue weighted by atomic mass is 16.5. The molecule has 1 rings (SSSR count). The first-order valence-corrected chi connectivity index (χ1v) is 6.25. The molecule has 1 unspecified atom stereocenters. The molecule has 3 heteroatoms. The summed E-state index contributed by atoms with van der Waals surface area (Å²) in [6.07, 6.45) is 6.62. The van der Waals surface area contributed by atoms with E-state index in [2.05, 4.69) is 0 Å². The number of methoxy groups -OCH3 is 1. The van der Waals surface area contributed by atoms with Crippen molar-refractivity contribution >= 4 is 5.97 Å². The second kappa shape index (κ2) is 5.67. The van der Waals surface area contributed by atoms with Gasteiger partial charge in [-0.2, -0.15) is 0 Å². The minimum Gasteiger partial charge on any atom is -0.479 e. The summed E-state index contributed by atoms with van der Waals surface area (Å²) in [5.74, 6) is -0.368. The molecule has 1 fully saturated rings. The highest BCUT2D eigenvalue weighted by Crippen LogP contribution is 2.40. The topological polar surface area (TPSA) is 46.5 Å². The van der Waals surface area contributed by atoms with Crippen LogP contribution in [0.1, 0.15) is 52.4 Å². The van der Waals surface area contributed by atoms with Gasteiger partial charge in [-0.25, -0.2) is 4.79 Å². The van der Waals surface area contributed by atoms with Crippen LogP contribution in [0.25, 0.3) is 0 Å². The van der Waals surface area contributed by atoms with E-state index in [0.29, 0.717) is 5.92 Å². The van der Waals surface area contributed by atoms with Crippen molar-refractivity contribution in [3.8, 4) is 0 Å². The maximum Gasteiger partial charge on any atom is 0.333 e. The fourth-order valence-electron chi connectivity index (χ4n) is 2.96. The van der Waals surface area contributed by atoms with Crippen LogP contribution in [0.5, 0.6) is 0 Å². The Labute approximate surface area is 98.2 Å². The summed E-state index contributed by atoms with van der Waals surface area (Å²) >= 11 is 0. The minimum absolute atomic E-state index is 0.273. The van der Waals surface area contributed by atoms with Crippen LogP contribution in [0.3, 0.4) is 0 Å². The third-order valence-electron chi connectivity index (χ3n) is 4.04. The monoisotopic (exact) mass is 228 g/mol. The molecule has 3 nitrogen and oxygen atoms in total. The Morgan fingerprint density at radius 3 is 2.12 bits per heavy atom. The lowest BCUT2D eigenvalue weighted by Crippen LogP contribution is -2.43. The Kier molecular flexibility index (Phi) is 4.78. The third kappa shape index (κ3) is 2.97. The molecule has 1 N–H and O–H groups in total. The largest absolute Gasteiger partial charge is 0.479 e. The van der Waals surface area contributed by atoms with Crippen molar-refractivity contribution in [2.75, 3.05) is 7.11 Å². The van der Waals surface area contributed by atoms with Gasteiger partial charge < -0.3 is 9.84 Å². The van der Waals surface area contributed by atoms with Crippen molar-refractivity contribution in [3.63, 3.8) is 0 Å². The van der Waals surface area contributed by atoms with Crippen LogP contribution in [0.15, 0.2) is 0 Å². The molecule has 0 bridgehead atoms. The van der Waals surface area contributed by atoms with Gasteiger partial charge >= 0.3 is 5.97 Å². The van der Waals surface area contributed by atoms with Gasteiger partial charge in [0.1, 0.15) is 0 Å². The summed E-state index contributed by atoms with van der Waals surface area (Å²) < 4.78 is 5.17. The fraction of sp³-hybridized carbons (Fsp3) is 0.923. The molecule has 0 spiro atoms. The van der Waals surface area contributed by atoms with Gasteiger partial charge in [-0.1, -0.05) is 39.5 Å². The number of carbonyl (C=O) groups is 1. The summed E-state index contributed by atoms with van der Waals surface area (Å²) in [6.45, 7) is 4.07. The first kappa shape index (κ1) is 13.5. The molecule has 0 saturated heterocycles. The van der Waals surface area contributed by atoms with E-state index in [1.54, 1.807) is 0 Å². The lowest BCUT2D eigenvalue weighted by molar-refractivity contribution is -0.159. The maximum absolute atomic E-state index is 11.2. The molecule has 1 aliphatic rings. The molecule has 94 valence electrons. The van der Waals surface area contributed by atoms with Crippen LogP contribution < -0.4 is 0 Å². The zero-order chi connectivity index (χ0) is 12.2. The van der Waals surface area contributed by atoms with Gasteiger partial charge in [-0.15, -0.1) is 0 Å². The van der Waals surface area contributed by atoms with E-state index in [1.165, 1.54) is 32.8 Å². The van der Waals surface area contributed by atoms with Gasteiger partial charge in [-0.05, 0) is 18.8 Å². The Morgan fingerprint density at radius 2 is 1.75 bits per heavy atom. The first-order chi connectivity index (χ1) is 7.50. The number of carboxylic acid groups (broad SMARTS) is 1. The second-order valence-electron chi connectivity index (χ2n) is 5.46. The summed E-state index contributed by atoms with van der Waals surface area (Å²) in [6, 6.07) is 0. The Balaban J connectivity index is 2.75. The molecule has 1 aliphatic carbocycles. The second-order valence-corrected chi connectivity index (χ2v) is 5.46. The van der Waals surface area contributed by atoms with Crippen molar-refractivity contribution in [1.82, 2.24) is 0 Å². The van der Waals surface area contributed by atoms with Crippen LogP contribution >= 0.6 is 0 Å². The molecule has 0 aliphatic heterocycles. The van der Waals surface area contributed by atoms with Gasteiger partial charge in [0.2, 0.25) is 0 Å². The van der Waals surface area contributed by atoms with E-state index < -0.39 is 12.1 Å². The summed E-state index contributed by atoms with van der Waals surface area (Å²) in [5, 5.41) is 9.18. The van der Waals surface area contributed by atoms with Crippen molar-refractivity contribution in [3.05, 3.63) is 0 Å². The van der Waals surface area contributed by atoms with Crippen molar-refractivity contribution in [2.24, 2.45) is 11.3 Å².